The van der Waals surface area contributed by atoms with Crippen molar-refractivity contribution in [2.75, 3.05) is 5.73 Å². The average molecular weight is 293 g/mol. The summed E-state index contributed by atoms with van der Waals surface area (Å²) < 4.78 is 41.2. The quantitative estimate of drug-likeness (QED) is 0.942. The fourth-order valence-electron chi connectivity index (χ4n) is 1.78. The zero-order valence-electron chi connectivity index (χ0n) is 10.7. The standard InChI is InChI=1S/C14H10F3N3O/c15-14(16,17)21-12-4-2-1-3-10(12)13-11(19)6-5-9(20-13)7-8-18/h1-6H,7,19H2. The van der Waals surface area contributed by atoms with Gasteiger partial charge in [0.2, 0.25) is 0 Å². The summed E-state index contributed by atoms with van der Waals surface area (Å²) in [6.45, 7) is 0. The Kier molecular flexibility index (Phi) is 3.98. The van der Waals surface area contributed by atoms with Crippen LogP contribution < -0.4 is 10.5 Å². The molecule has 1 aromatic heterocycles. The number of nitrogen functional groups attached to an aromatic ring is 1. The maximum absolute atomic E-state index is 12.4. The van der Waals surface area contributed by atoms with Gasteiger partial charge in [0, 0.05) is 5.56 Å². The van der Waals surface area contributed by atoms with Crippen molar-refractivity contribution in [1.29, 1.82) is 5.26 Å². The molecule has 7 heteroatoms. The fraction of sp³-hybridized carbons (Fsp3) is 0.143. The van der Waals surface area contributed by atoms with Crippen LogP contribution >= 0.6 is 0 Å². The molecular formula is C14H10F3N3O. The lowest BCUT2D eigenvalue weighted by Gasteiger charge is -2.14. The normalized spacial score (nSPS) is 11.0. The Morgan fingerprint density at radius 1 is 1.19 bits per heavy atom. The Morgan fingerprint density at radius 2 is 1.90 bits per heavy atom. The number of hydrogen-bond donors (Lipinski definition) is 1. The first-order chi connectivity index (χ1) is 9.90. The molecule has 0 spiro atoms. The van der Waals surface area contributed by atoms with Crippen LogP contribution in [0.2, 0.25) is 0 Å². The molecular weight excluding hydrogens is 283 g/mol. The van der Waals surface area contributed by atoms with E-state index in [1.807, 2.05) is 6.07 Å². The van der Waals surface area contributed by atoms with Crippen LogP contribution in [0.5, 0.6) is 5.75 Å². The lowest BCUT2D eigenvalue weighted by Crippen LogP contribution is -2.17. The Labute approximate surface area is 118 Å². The highest BCUT2D eigenvalue weighted by atomic mass is 19.4. The Bertz CT molecular complexity index is 693. The maximum atomic E-state index is 12.4. The van der Waals surface area contributed by atoms with Crippen LogP contribution in [0.15, 0.2) is 36.4 Å². The topological polar surface area (TPSA) is 71.9 Å². The van der Waals surface area contributed by atoms with Gasteiger partial charge in [-0.2, -0.15) is 5.26 Å². The molecule has 21 heavy (non-hydrogen) atoms. The van der Waals surface area contributed by atoms with Gasteiger partial charge in [0.15, 0.2) is 0 Å². The van der Waals surface area contributed by atoms with Crippen molar-refractivity contribution in [2.45, 2.75) is 12.8 Å². The average Bonchev–Trinajstić information content (AvgIpc) is 2.40. The van der Waals surface area contributed by atoms with Crippen molar-refractivity contribution in [1.82, 2.24) is 4.98 Å². The minimum Gasteiger partial charge on any atom is -0.405 e. The molecule has 0 unspecified atom stereocenters. The molecule has 0 bridgehead atoms. The van der Waals surface area contributed by atoms with Crippen LogP contribution in [0, 0.1) is 11.3 Å². The Balaban J connectivity index is 2.52. The van der Waals surface area contributed by atoms with Crippen molar-refractivity contribution >= 4 is 5.69 Å². The van der Waals surface area contributed by atoms with Gasteiger partial charge >= 0.3 is 6.36 Å². The third-order valence-electron chi connectivity index (χ3n) is 2.61. The van der Waals surface area contributed by atoms with Crippen LogP contribution in [0.4, 0.5) is 18.9 Å². The smallest absolute Gasteiger partial charge is 0.405 e. The van der Waals surface area contributed by atoms with E-state index in [9.17, 15) is 13.2 Å². The number of anilines is 1. The predicted octanol–water partition coefficient (Wildman–Crippen LogP) is 3.30. The van der Waals surface area contributed by atoms with Gasteiger partial charge in [-0.25, -0.2) is 4.98 Å². The summed E-state index contributed by atoms with van der Waals surface area (Å²) in [5.74, 6) is -0.390. The molecule has 0 amide bonds. The molecule has 0 radical (unpaired) electrons. The van der Waals surface area contributed by atoms with Crippen molar-refractivity contribution < 1.29 is 17.9 Å². The summed E-state index contributed by atoms with van der Waals surface area (Å²) in [6.07, 6.45) is -4.77. The summed E-state index contributed by atoms with van der Waals surface area (Å²) in [6, 6.07) is 10.5. The molecule has 4 nitrogen and oxygen atoms in total. The third-order valence-corrected chi connectivity index (χ3v) is 2.61. The van der Waals surface area contributed by atoms with E-state index in [1.54, 1.807) is 12.1 Å². The van der Waals surface area contributed by atoms with E-state index < -0.39 is 12.1 Å². The molecule has 0 saturated heterocycles. The predicted molar refractivity (Wildman–Crippen MR) is 70.1 cm³/mol. The summed E-state index contributed by atoms with van der Waals surface area (Å²) in [7, 11) is 0. The molecule has 2 N–H and O–H groups in total. The van der Waals surface area contributed by atoms with Gasteiger partial charge in [-0.15, -0.1) is 13.2 Å². The number of nitrogens with zero attached hydrogens (tertiary/aromatic N) is 2. The monoisotopic (exact) mass is 293 g/mol. The van der Waals surface area contributed by atoms with Gasteiger partial charge in [-0.3, -0.25) is 0 Å². The number of halogens is 3. The summed E-state index contributed by atoms with van der Waals surface area (Å²) in [5, 5.41) is 8.66. The molecule has 0 fully saturated rings. The molecule has 0 atom stereocenters. The molecule has 0 aliphatic heterocycles. The van der Waals surface area contributed by atoms with E-state index in [0.717, 1.165) is 0 Å². The molecule has 0 saturated carbocycles. The first kappa shape index (κ1) is 14.7. The number of hydrogen-bond acceptors (Lipinski definition) is 4. The Morgan fingerprint density at radius 3 is 2.57 bits per heavy atom. The summed E-state index contributed by atoms with van der Waals surface area (Å²) in [4.78, 5) is 4.13. The van der Waals surface area contributed by atoms with Gasteiger partial charge in [0.1, 0.15) is 5.75 Å². The third kappa shape index (κ3) is 3.63. The van der Waals surface area contributed by atoms with Crippen molar-refractivity contribution in [3.8, 4) is 23.1 Å². The number of pyridine rings is 1. The highest BCUT2D eigenvalue weighted by molar-refractivity contribution is 5.77. The SMILES string of the molecule is N#CCc1ccc(N)c(-c2ccccc2OC(F)(F)F)n1. The maximum Gasteiger partial charge on any atom is 0.573 e. The van der Waals surface area contributed by atoms with E-state index in [1.165, 1.54) is 24.3 Å². The minimum atomic E-state index is -4.81. The highest BCUT2D eigenvalue weighted by Gasteiger charge is 2.32. The number of nitrogens with two attached hydrogens (primary N) is 1. The number of nitriles is 1. The fourth-order valence-corrected chi connectivity index (χ4v) is 1.78. The summed E-state index contributed by atoms with van der Waals surface area (Å²) >= 11 is 0. The van der Waals surface area contributed by atoms with Crippen LogP contribution in [-0.2, 0) is 6.42 Å². The second kappa shape index (κ2) is 5.71. The first-order valence-corrected chi connectivity index (χ1v) is 5.88. The van der Waals surface area contributed by atoms with E-state index in [2.05, 4.69) is 9.72 Å². The first-order valence-electron chi connectivity index (χ1n) is 5.88. The number of benzene rings is 1. The zero-order valence-corrected chi connectivity index (χ0v) is 10.7. The van der Waals surface area contributed by atoms with Gasteiger partial charge in [-0.05, 0) is 24.3 Å². The van der Waals surface area contributed by atoms with E-state index in [0.29, 0.717) is 5.69 Å². The molecule has 1 heterocycles. The number of alkyl halides is 3. The van der Waals surface area contributed by atoms with Crippen LogP contribution in [-0.4, -0.2) is 11.3 Å². The number of ether oxygens (including phenoxy) is 1. The lowest BCUT2D eigenvalue weighted by atomic mass is 10.1. The van der Waals surface area contributed by atoms with Gasteiger partial charge in [0.25, 0.3) is 0 Å². The van der Waals surface area contributed by atoms with Gasteiger partial charge in [-0.1, -0.05) is 12.1 Å². The van der Waals surface area contributed by atoms with Crippen molar-refractivity contribution in [3.63, 3.8) is 0 Å². The molecule has 0 aliphatic rings. The second-order valence-electron chi connectivity index (χ2n) is 4.12. The van der Waals surface area contributed by atoms with Crippen molar-refractivity contribution in [2.24, 2.45) is 0 Å². The summed E-state index contributed by atoms with van der Waals surface area (Å²) in [5.41, 5.74) is 6.66. The van der Waals surface area contributed by atoms with E-state index in [4.69, 9.17) is 11.0 Å². The van der Waals surface area contributed by atoms with E-state index >= 15 is 0 Å². The van der Waals surface area contributed by atoms with Crippen LogP contribution in [0.3, 0.4) is 0 Å². The van der Waals surface area contributed by atoms with Crippen LogP contribution in [0.1, 0.15) is 5.69 Å². The molecule has 1 aromatic carbocycles. The number of para-hydroxylation sites is 1. The van der Waals surface area contributed by atoms with E-state index in [-0.39, 0.29) is 23.4 Å². The lowest BCUT2D eigenvalue weighted by molar-refractivity contribution is -0.274. The Hall–Kier alpha value is -2.75. The van der Waals surface area contributed by atoms with Gasteiger partial charge < -0.3 is 10.5 Å². The van der Waals surface area contributed by atoms with Crippen molar-refractivity contribution in [3.05, 3.63) is 42.1 Å². The molecule has 2 rings (SSSR count). The minimum absolute atomic E-state index is 0.0373. The highest BCUT2D eigenvalue weighted by Crippen LogP contribution is 2.35. The van der Waals surface area contributed by atoms with Crippen LogP contribution in [0.25, 0.3) is 11.3 Å². The number of rotatable bonds is 3. The number of aromatic nitrogens is 1. The zero-order chi connectivity index (χ0) is 15.5. The van der Waals surface area contributed by atoms with Gasteiger partial charge in [0.05, 0.1) is 29.6 Å². The molecule has 108 valence electrons. The second-order valence-corrected chi connectivity index (χ2v) is 4.12. The molecule has 0 aliphatic carbocycles. The largest absolute Gasteiger partial charge is 0.573 e. The molecule has 2 aromatic rings.